The van der Waals surface area contributed by atoms with E-state index in [1.807, 2.05) is 0 Å². The molecule has 1 heterocycles. The summed E-state index contributed by atoms with van der Waals surface area (Å²) in [4.78, 5) is 12.2. The van der Waals surface area contributed by atoms with E-state index in [4.69, 9.17) is 11.6 Å². The molecular weight excluding hydrogens is 355 g/mol. The van der Waals surface area contributed by atoms with Crippen LogP contribution in [0.5, 0.6) is 0 Å². The Labute approximate surface area is 144 Å². The van der Waals surface area contributed by atoms with Gasteiger partial charge >= 0.3 is 0 Å². The lowest BCUT2D eigenvalue weighted by Gasteiger charge is -2.18. The molecule has 2 aromatic rings. The molecule has 2 aromatic carbocycles. The van der Waals surface area contributed by atoms with Crippen LogP contribution < -0.4 is 9.62 Å². The third-order valence-corrected chi connectivity index (χ3v) is 5.87. The number of amides is 1. The van der Waals surface area contributed by atoms with E-state index >= 15 is 0 Å². The molecule has 126 valence electrons. The second kappa shape index (κ2) is 6.41. The molecule has 0 bridgehead atoms. The number of nitrogens with zero attached hydrogens (tertiary/aromatic N) is 1. The van der Waals surface area contributed by atoms with Gasteiger partial charge in [-0.3, -0.25) is 9.10 Å². The van der Waals surface area contributed by atoms with Crippen molar-refractivity contribution in [2.24, 2.45) is 0 Å². The van der Waals surface area contributed by atoms with Crippen molar-refractivity contribution in [3.8, 4) is 0 Å². The predicted octanol–water partition coefficient (Wildman–Crippen LogP) is 3.27. The highest BCUT2D eigenvalue weighted by Gasteiger charge is 2.28. The molecule has 0 atom stereocenters. The van der Waals surface area contributed by atoms with Crippen LogP contribution in [-0.4, -0.2) is 26.6 Å². The summed E-state index contributed by atoms with van der Waals surface area (Å²) in [6, 6.07) is 9.86. The Morgan fingerprint density at radius 2 is 2.00 bits per heavy atom. The summed E-state index contributed by atoms with van der Waals surface area (Å²) in [7, 11) is -3.33. The minimum atomic E-state index is -3.33. The maximum Gasteiger partial charge on any atom is 0.255 e. The molecular formula is C16H14ClFN2O3S. The molecule has 0 aromatic heterocycles. The number of hydrogen-bond acceptors (Lipinski definition) is 3. The highest BCUT2D eigenvalue weighted by Crippen LogP contribution is 2.31. The van der Waals surface area contributed by atoms with E-state index in [1.165, 1.54) is 34.6 Å². The SMILES string of the molecule is O=C(Nc1cc(N2CCCS2(=O)=O)ccc1Cl)c1cccc(F)c1. The van der Waals surface area contributed by atoms with E-state index in [9.17, 15) is 17.6 Å². The van der Waals surface area contributed by atoms with Crippen molar-refractivity contribution >= 4 is 38.9 Å². The quantitative estimate of drug-likeness (QED) is 0.904. The molecule has 5 nitrogen and oxygen atoms in total. The first-order valence-corrected chi connectivity index (χ1v) is 9.22. The molecule has 24 heavy (non-hydrogen) atoms. The zero-order valence-corrected chi connectivity index (χ0v) is 14.1. The van der Waals surface area contributed by atoms with Gasteiger partial charge in [-0.2, -0.15) is 0 Å². The second-order valence-electron chi connectivity index (χ2n) is 5.37. The maximum absolute atomic E-state index is 13.2. The van der Waals surface area contributed by atoms with Gasteiger partial charge in [0.15, 0.2) is 0 Å². The molecule has 1 saturated heterocycles. The molecule has 0 unspecified atom stereocenters. The number of benzene rings is 2. The Kier molecular flexibility index (Phi) is 4.47. The van der Waals surface area contributed by atoms with Gasteiger partial charge in [-0.15, -0.1) is 0 Å². The molecule has 1 fully saturated rings. The predicted molar refractivity (Wildman–Crippen MR) is 91.6 cm³/mol. The normalized spacial score (nSPS) is 16.2. The largest absolute Gasteiger partial charge is 0.321 e. The first-order valence-electron chi connectivity index (χ1n) is 7.24. The van der Waals surface area contributed by atoms with Crippen LogP contribution in [0.4, 0.5) is 15.8 Å². The lowest BCUT2D eigenvalue weighted by molar-refractivity contribution is 0.102. The lowest BCUT2D eigenvalue weighted by Crippen LogP contribution is -2.25. The van der Waals surface area contributed by atoms with Crippen LogP contribution in [0.15, 0.2) is 42.5 Å². The van der Waals surface area contributed by atoms with Crippen LogP contribution in [-0.2, 0) is 10.0 Å². The van der Waals surface area contributed by atoms with Crippen molar-refractivity contribution in [2.45, 2.75) is 6.42 Å². The van der Waals surface area contributed by atoms with E-state index in [1.54, 1.807) is 6.07 Å². The maximum atomic E-state index is 13.2. The van der Waals surface area contributed by atoms with Crippen molar-refractivity contribution in [2.75, 3.05) is 21.9 Å². The van der Waals surface area contributed by atoms with Crippen LogP contribution >= 0.6 is 11.6 Å². The molecule has 0 aliphatic carbocycles. The van der Waals surface area contributed by atoms with Crippen LogP contribution in [0.25, 0.3) is 0 Å². The van der Waals surface area contributed by atoms with Crippen LogP contribution in [0.1, 0.15) is 16.8 Å². The van der Waals surface area contributed by atoms with Gasteiger partial charge in [-0.1, -0.05) is 17.7 Å². The van der Waals surface area contributed by atoms with Gasteiger partial charge in [0.1, 0.15) is 5.82 Å². The monoisotopic (exact) mass is 368 g/mol. The molecule has 0 radical (unpaired) electrons. The summed E-state index contributed by atoms with van der Waals surface area (Å²) in [5, 5.41) is 2.85. The number of sulfonamides is 1. The summed E-state index contributed by atoms with van der Waals surface area (Å²) in [5.41, 5.74) is 0.849. The van der Waals surface area contributed by atoms with E-state index in [2.05, 4.69) is 5.32 Å². The summed E-state index contributed by atoms with van der Waals surface area (Å²) in [5.74, 6) is -0.954. The van der Waals surface area contributed by atoms with Crippen molar-refractivity contribution in [3.63, 3.8) is 0 Å². The number of carbonyl (C=O) groups is 1. The number of halogens is 2. The molecule has 1 aliphatic heterocycles. The van der Waals surface area contributed by atoms with E-state index < -0.39 is 21.7 Å². The zero-order chi connectivity index (χ0) is 17.3. The molecule has 0 saturated carbocycles. The summed E-state index contributed by atoms with van der Waals surface area (Å²) < 4.78 is 38.5. The van der Waals surface area contributed by atoms with E-state index in [-0.39, 0.29) is 22.0 Å². The molecule has 3 rings (SSSR count). The van der Waals surface area contributed by atoms with Gasteiger partial charge in [-0.25, -0.2) is 12.8 Å². The Hall–Kier alpha value is -2.12. The van der Waals surface area contributed by atoms with Crippen LogP contribution in [0.2, 0.25) is 5.02 Å². The topological polar surface area (TPSA) is 66.5 Å². The number of carbonyl (C=O) groups excluding carboxylic acids is 1. The molecule has 8 heteroatoms. The van der Waals surface area contributed by atoms with Gasteiger partial charge in [0.25, 0.3) is 5.91 Å². The molecule has 0 spiro atoms. The standard InChI is InChI=1S/C16H14ClFN2O3S/c17-14-6-5-13(20-7-2-8-24(20,22)23)10-15(14)19-16(21)11-3-1-4-12(18)9-11/h1,3-6,9-10H,2,7-8H2,(H,19,21). The first kappa shape index (κ1) is 16.7. The Morgan fingerprint density at radius 3 is 2.67 bits per heavy atom. The summed E-state index contributed by atoms with van der Waals surface area (Å²) >= 11 is 6.08. The number of hydrogen-bond donors (Lipinski definition) is 1. The fourth-order valence-electron chi connectivity index (χ4n) is 2.52. The first-order chi connectivity index (χ1) is 11.4. The third kappa shape index (κ3) is 3.37. The zero-order valence-electron chi connectivity index (χ0n) is 12.5. The van der Waals surface area contributed by atoms with Crippen molar-refractivity contribution in [1.82, 2.24) is 0 Å². The average molecular weight is 369 g/mol. The number of anilines is 2. The van der Waals surface area contributed by atoms with E-state index in [0.717, 1.165) is 6.07 Å². The number of nitrogens with one attached hydrogen (secondary N) is 1. The van der Waals surface area contributed by atoms with Crippen LogP contribution in [0.3, 0.4) is 0 Å². The second-order valence-corrected chi connectivity index (χ2v) is 7.79. The van der Waals surface area contributed by atoms with E-state index in [0.29, 0.717) is 18.7 Å². The van der Waals surface area contributed by atoms with Gasteiger partial charge in [0.05, 0.1) is 22.2 Å². The Morgan fingerprint density at radius 1 is 1.21 bits per heavy atom. The van der Waals surface area contributed by atoms with Gasteiger partial charge < -0.3 is 5.32 Å². The highest BCUT2D eigenvalue weighted by atomic mass is 35.5. The van der Waals surface area contributed by atoms with Gasteiger partial charge in [0, 0.05) is 12.1 Å². The fraction of sp³-hybridized carbons (Fsp3) is 0.188. The molecule has 1 amide bonds. The smallest absolute Gasteiger partial charge is 0.255 e. The molecule has 1 N–H and O–H groups in total. The van der Waals surface area contributed by atoms with Gasteiger partial charge in [-0.05, 0) is 42.8 Å². The average Bonchev–Trinajstić information content (AvgIpc) is 2.89. The minimum absolute atomic E-state index is 0.0978. The summed E-state index contributed by atoms with van der Waals surface area (Å²) in [6.45, 7) is 0.390. The molecule has 1 aliphatic rings. The third-order valence-electron chi connectivity index (χ3n) is 3.67. The number of rotatable bonds is 3. The Balaban J connectivity index is 1.88. The fourth-order valence-corrected chi connectivity index (χ4v) is 4.24. The lowest BCUT2D eigenvalue weighted by atomic mass is 10.2. The van der Waals surface area contributed by atoms with Crippen LogP contribution in [0, 0.1) is 5.82 Å². The minimum Gasteiger partial charge on any atom is -0.321 e. The summed E-state index contributed by atoms with van der Waals surface area (Å²) in [6.07, 6.45) is 0.552. The highest BCUT2D eigenvalue weighted by molar-refractivity contribution is 7.93. The van der Waals surface area contributed by atoms with Crippen molar-refractivity contribution in [1.29, 1.82) is 0 Å². The Bertz CT molecular complexity index is 902. The van der Waals surface area contributed by atoms with Crippen molar-refractivity contribution in [3.05, 3.63) is 58.9 Å². The van der Waals surface area contributed by atoms with Crippen molar-refractivity contribution < 1.29 is 17.6 Å². The van der Waals surface area contributed by atoms with Gasteiger partial charge in [0.2, 0.25) is 10.0 Å².